The topological polar surface area (TPSA) is 94.1 Å². The molecule has 0 aliphatic carbocycles. The largest absolute Gasteiger partial charge is 0.456 e. The molecule has 2 aromatic heterocycles. The van der Waals surface area contributed by atoms with E-state index >= 15 is 0 Å². The number of aromatic amines is 1. The van der Waals surface area contributed by atoms with Crippen LogP contribution in [0.1, 0.15) is 54.7 Å². The van der Waals surface area contributed by atoms with Gasteiger partial charge in [0.25, 0.3) is 0 Å². The number of rotatable bonds is 8. The zero-order valence-corrected chi connectivity index (χ0v) is 17.8. The minimum absolute atomic E-state index is 0.148. The first-order valence-electron chi connectivity index (χ1n) is 10.6. The maximum atomic E-state index is 13.0. The van der Waals surface area contributed by atoms with Gasteiger partial charge in [-0.15, -0.1) is 0 Å². The lowest BCUT2D eigenvalue weighted by Crippen LogP contribution is -2.15. The van der Waals surface area contributed by atoms with Crippen molar-refractivity contribution in [2.45, 2.75) is 39.3 Å². The predicted octanol–water partition coefficient (Wildman–Crippen LogP) is 5.62. The number of hydrogen-bond acceptors (Lipinski definition) is 5. The van der Waals surface area contributed by atoms with E-state index < -0.39 is 12.0 Å². The van der Waals surface area contributed by atoms with Gasteiger partial charge in [-0.2, -0.15) is 0 Å². The molecule has 160 valence electrons. The van der Waals surface area contributed by atoms with Crippen molar-refractivity contribution in [1.29, 1.82) is 0 Å². The summed E-state index contributed by atoms with van der Waals surface area (Å²) in [5.74, 6) is 0.624. The van der Waals surface area contributed by atoms with Gasteiger partial charge in [0.1, 0.15) is 6.61 Å². The molecule has 0 saturated heterocycles. The molecule has 0 amide bonds. The van der Waals surface area contributed by atoms with Crippen LogP contribution in [-0.4, -0.2) is 15.9 Å². The smallest absolute Gasteiger partial charge is 0.361 e. The lowest BCUT2D eigenvalue weighted by Gasteiger charge is -2.12. The summed E-state index contributed by atoms with van der Waals surface area (Å²) in [4.78, 5) is 20.7. The van der Waals surface area contributed by atoms with Crippen molar-refractivity contribution in [3.8, 4) is 11.3 Å². The number of fused-ring (bicyclic) bond motifs is 1. The molecule has 0 spiro atoms. The fourth-order valence-electron chi connectivity index (χ4n) is 3.57. The average molecular weight is 418 g/mol. The van der Waals surface area contributed by atoms with E-state index in [1.54, 1.807) is 0 Å². The molecule has 2 heterocycles. The van der Waals surface area contributed by atoms with Crippen molar-refractivity contribution in [2.75, 3.05) is 0 Å². The number of ether oxygens (including phenoxy) is 1. The van der Waals surface area contributed by atoms with Crippen LogP contribution in [0.3, 0.4) is 0 Å². The van der Waals surface area contributed by atoms with Crippen molar-refractivity contribution >= 4 is 16.9 Å². The van der Waals surface area contributed by atoms with E-state index in [4.69, 9.17) is 14.9 Å². The molecule has 2 atom stereocenters. The van der Waals surface area contributed by atoms with Gasteiger partial charge in [-0.05, 0) is 24.0 Å². The number of nitrogens with zero attached hydrogens (tertiary/aromatic N) is 1. The van der Waals surface area contributed by atoms with Crippen LogP contribution in [0.5, 0.6) is 0 Å². The fraction of sp³-hybridized carbons (Fsp3) is 0.280. The monoisotopic (exact) mass is 417 g/mol. The Morgan fingerprint density at radius 1 is 1.16 bits per heavy atom. The third kappa shape index (κ3) is 4.54. The number of para-hydroxylation sites is 1. The average Bonchev–Trinajstić information content (AvgIpc) is 3.42. The summed E-state index contributed by atoms with van der Waals surface area (Å²) < 4.78 is 11.6. The van der Waals surface area contributed by atoms with Crippen molar-refractivity contribution in [3.05, 3.63) is 77.9 Å². The van der Waals surface area contributed by atoms with E-state index in [-0.39, 0.29) is 12.3 Å². The maximum Gasteiger partial charge on any atom is 0.361 e. The summed E-state index contributed by atoms with van der Waals surface area (Å²) in [7, 11) is 0. The number of esters is 1. The Labute approximate surface area is 181 Å². The second-order valence-electron chi connectivity index (χ2n) is 7.90. The Kier molecular flexibility index (Phi) is 6.18. The summed E-state index contributed by atoms with van der Waals surface area (Å²) in [5, 5.41) is 0.942. The van der Waals surface area contributed by atoms with Gasteiger partial charge in [0.15, 0.2) is 11.5 Å². The van der Waals surface area contributed by atoms with Crippen molar-refractivity contribution < 1.29 is 13.9 Å². The normalized spacial score (nSPS) is 13.3. The molecule has 6 heteroatoms. The van der Waals surface area contributed by atoms with Crippen LogP contribution >= 0.6 is 0 Å². The molecule has 0 unspecified atom stereocenters. The number of nitrogens with two attached hydrogens (primary N) is 1. The number of carbonyl (C=O) groups is 1. The van der Waals surface area contributed by atoms with Gasteiger partial charge in [-0.3, -0.25) is 0 Å². The summed E-state index contributed by atoms with van der Waals surface area (Å²) in [6, 6.07) is 17.0. The van der Waals surface area contributed by atoms with E-state index in [2.05, 4.69) is 23.8 Å². The Morgan fingerprint density at radius 2 is 1.90 bits per heavy atom. The minimum Gasteiger partial charge on any atom is -0.456 e. The van der Waals surface area contributed by atoms with Crippen LogP contribution < -0.4 is 5.73 Å². The first kappa shape index (κ1) is 20.9. The highest BCUT2D eigenvalue weighted by atomic mass is 16.5. The number of H-pyrrole nitrogens is 1. The zero-order valence-electron chi connectivity index (χ0n) is 17.8. The van der Waals surface area contributed by atoms with Crippen LogP contribution in [0, 0.1) is 5.92 Å². The number of benzene rings is 2. The Morgan fingerprint density at radius 3 is 2.68 bits per heavy atom. The molecule has 0 aliphatic rings. The third-order valence-electron chi connectivity index (χ3n) is 5.55. The number of aromatic nitrogens is 2. The molecule has 0 saturated carbocycles. The molecule has 31 heavy (non-hydrogen) atoms. The van der Waals surface area contributed by atoms with E-state index in [0.717, 1.165) is 34.9 Å². The van der Waals surface area contributed by atoms with E-state index in [9.17, 15) is 4.79 Å². The third-order valence-corrected chi connectivity index (χ3v) is 5.55. The quantitative estimate of drug-likeness (QED) is 0.363. The highest BCUT2D eigenvalue weighted by Crippen LogP contribution is 2.34. The molecule has 0 bridgehead atoms. The Bertz CT molecular complexity index is 1160. The van der Waals surface area contributed by atoms with Crippen molar-refractivity contribution in [1.82, 2.24) is 9.97 Å². The maximum absolute atomic E-state index is 13.0. The number of hydrogen-bond donors (Lipinski definition) is 2. The number of nitrogens with one attached hydrogen (secondary N) is 1. The van der Waals surface area contributed by atoms with Gasteiger partial charge in [0.2, 0.25) is 5.89 Å². The lowest BCUT2D eigenvalue weighted by molar-refractivity contribution is 0.0467. The zero-order chi connectivity index (χ0) is 21.8. The second kappa shape index (κ2) is 9.18. The molecule has 4 aromatic rings. The molecule has 0 fully saturated rings. The van der Waals surface area contributed by atoms with Gasteiger partial charge in [-0.25, -0.2) is 9.78 Å². The second-order valence-corrected chi connectivity index (χ2v) is 7.90. The first-order valence-corrected chi connectivity index (χ1v) is 10.6. The summed E-state index contributed by atoms with van der Waals surface area (Å²) >= 11 is 0. The highest BCUT2D eigenvalue weighted by molar-refractivity contribution is 6.01. The summed E-state index contributed by atoms with van der Waals surface area (Å²) in [5.41, 5.74) is 9.13. The van der Waals surface area contributed by atoms with Crippen molar-refractivity contribution in [3.63, 3.8) is 0 Å². The number of oxazole rings is 1. The van der Waals surface area contributed by atoms with Crippen molar-refractivity contribution in [2.24, 2.45) is 11.7 Å². The fourth-order valence-corrected chi connectivity index (χ4v) is 3.57. The summed E-state index contributed by atoms with van der Waals surface area (Å²) in [6.07, 6.45) is 3.56. The van der Waals surface area contributed by atoms with E-state index in [1.807, 2.05) is 60.8 Å². The molecular formula is C25H27N3O3. The minimum atomic E-state index is -0.533. The van der Waals surface area contributed by atoms with E-state index in [1.165, 1.54) is 0 Å². The molecule has 6 nitrogen and oxygen atoms in total. The van der Waals surface area contributed by atoms with Crippen LogP contribution in [0.15, 0.2) is 65.2 Å². The van der Waals surface area contributed by atoms with Gasteiger partial charge < -0.3 is 19.9 Å². The van der Waals surface area contributed by atoms with Gasteiger partial charge in [-0.1, -0.05) is 68.8 Å². The molecule has 0 aliphatic heterocycles. The SMILES string of the molecule is CC[C@H](C)C[C@H](N)c1nc(C(=O)OCc2ccccc2)c(-c2c[nH]c3ccccc23)o1. The van der Waals surface area contributed by atoms with Crippen LogP contribution in [0.25, 0.3) is 22.2 Å². The first-order chi connectivity index (χ1) is 15.1. The van der Waals surface area contributed by atoms with E-state index in [0.29, 0.717) is 17.6 Å². The number of carbonyl (C=O) groups excluding carboxylic acids is 1. The van der Waals surface area contributed by atoms with Crippen LogP contribution in [0.4, 0.5) is 0 Å². The predicted molar refractivity (Wildman–Crippen MR) is 120 cm³/mol. The summed E-state index contributed by atoms with van der Waals surface area (Å²) in [6.45, 7) is 4.42. The molecule has 4 rings (SSSR count). The molecular weight excluding hydrogens is 390 g/mol. The van der Waals surface area contributed by atoms with Crippen LogP contribution in [0.2, 0.25) is 0 Å². The molecule has 2 aromatic carbocycles. The highest BCUT2D eigenvalue weighted by Gasteiger charge is 2.27. The Hall–Kier alpha value is -3.38. The lowest BCUT2D eigenvalue weighted by atomic mass is 10.00. The van der Waals surface area contributed by atoms with Gasteiger partial charge in [0, 0.05) is 22.7 Å². The van der Waals surface area contributed by atoms with Gasteiger partial charge >= 0.3 is 5.97 Å². The van der Waals surface area contributed by atoms with Gasteiger partial charge in [0.05, 0.1) is 6.04 Å². The van der Waals surface area contributed by atoms with Crippen LogP contribution in [-0.2, 0) is 11.3 Å². The Balaban J connectivity index is 1.69. The molecule has 0 radical (unpaired) electrons. The standard InChI is InChI=1S/C25H27N3O3/c1-3-16(2)13-20(26)24-28-22(25(29)30-15-17-9-5-4-6-10-17)23(31-24)19-14-27-21-12-8-7-11-18(19)21/h4-12,14,16,20,27H,3,13,15,26H2,1-2H3/t16-,20-/m0/s1. The molecule has 3 N–H and O–H groups in total.